The summed E-state index contributed by atoms with van der Waals surface area (Å²) in [6.07, 6.45) is 4.28. The molecule has 3 atom stereocenters. The summed E-state index contributed by atoms with van der Waals surface area (Å²) in [5.41, 5.74) is 0. The SMILES string of the molecule is CC1CCCCC1NS(=O)(=O)C(C)CO. The normalized spacial score (nSPS) is 30.1. The highest BCUT2D eigenvalue weighted by atomic mass is 32.2. The molecule has 0 radical (unpaired) electrons. The van der Waals surface area contributed by atoms with Gasteiger partial charge in [0.1, 0.15) is 0 Å². The van der Waals surface area contributed by atoms with E-state index in [9.17, 15) is 8.42 Å². The van der Waals surface area contributed by atoms with Gasteiger partial charge in [-0.25, -0.2) is 13.1 Å². The maximum Gasteiger partial charge on any atom is 0.216 e. The number of aliphatic hydroxyl groups is 1. The maximum absolute atomic E-state index is 11.7. The first kappa shape index (κ1) is 12.9. The molecule has 0 bridgehead atoms. The van der Waals surface area contributed by atoms with Gasteiger partial charge in [0.2, 0.25) is 10.0 Å². The maximum atomic E-state index is 11.7. The number of hydrogen-bond donors (Lipinski definition) is 2. The fourth-order valence-electron chi connectivity index (χ4n) is 1.92. The number of rotatable bonds is 4. The average molecular weight is 235 g/mol. The fourth-order valence-corrected chi connectivity index (χ4v) is 3.12. The Labute approximate surface area is 92.1 Å². The zero-order valence-corrected chi connectivity index (χ0v) is 10.3. The molecule has 0 aromatic carbocycles. The molecular weight excluding hydrogens is 214 g/mol. The Bertz CT molecular complexity index is 289. The molecule has 0 aromatic rings. The summed E-state index contributed by atoms with van der Waals surface area (Å²) in [4.78, 5) is 0. The van der Waals surface area contributed by atoms with Gasteiger partial charge in [-0.1, -0.05) is 19.8 Å². The first-order valence-corrected chi connectivity index (χ1v) is 7.14. The Morgan fingerprint density at radius 3 is 2.53 bits per heavy atom. The summed E-state index contributed by atoms with van der Waals surface area (Å²) in [7, 11) is -3.34. The van der Waals surface area contributed by atoms with E-state index in [0.717, 1.165) is 19.3 Å². The van der Waals surface area contributed by atoms with Crippen LogP contribution in [0.4, 0.5) is 0 Å². The average Bonchev–Trinajstić information content (AvgIpc) is 2.20. The minimum absolute atomic E-state index is 0.0535. The van der Waals surface area contributed by atoms with E-state index in [1.807, 2.05) is 0 Å². The van der Waals surface area contributed by atoms with Crippen molar-refractivity contribution < 1.29 is 13.5 Å². The summed E-state index contributed by atoms with van der Waals surface area (Å²) >= 11 is 0. The molecule has 4 nitrogen and oxygen atoms in total. The largest absolute Gasteiger partial charge is 0.395 e. The van der Waals surface area contributed by atoms with Gasteiger partial charge in [-0.2, -0.15) is 0 Å². The van der Waals surface area contributed by atoms with E-state index in [1.54, 1.807) is 0 Å². The fraction of sp³-hybridized carbons (Fsp3) is 1.00. The topological polar surface area (TPSA) is 66.4 Å². The standard InChI is InChI=1S/C10H21NO3S/c1-8-5-3-4-6-10(8)11-15(13,14)9(2)7-12/h8-12H,3-7H2,1-2H3. The van der Waals surface area contributed by atoms with Crippen LogP contribution in [0.15, 0.2) is 0 Å². The first-order chi connectivity index (χ1) is 6.97. The molecule has 0 amide bonds. The Hall–Kier alpha value is -0.130. The lowest BCUT2D eigenvalue weighted by atomic mass is 9.87. The molecule has 0 aromatic heterocycles. The van der Waals surface area contributed by atoms with Crippen molar-refractivity contribution in [2.45, 2.75) is 50.8 Å². The quantitative estimate of drug-likeness (QED) is 0.759. The summed E-state index contributed by atoms with van der Waals surface area (Å²) in [5.74, 6) is 0.402. The van der Waals surface area contributed by atoms with E-state index in [1.165, 1.54) is 13.3 Å². The summed E-state index contributed by atoms with van der Waals surface area (Å²) in [6, 6.07) is 0.0535. The van der Waals surface area contributed by atoms with Crippen LogP contribution in [0.25, 0.3) is 0 Å². The van der Waals surface area contributed by atoms with Gasteiger partial charge in [0.15, 0.2) is 0 Å². The zero-order valence-electron chi connectivity index (χ0n) is 9.44. The van der Waals surface area contributed by atoms with Gasteiger partial charge in [0.25, 0.3) is 0 Å². The van der Waals surface area contributed by atoms with Gasteiger partial charge in [-0.05, 0) is 25.7 Å². The summed E-state index contributed by atoms with van der Waals surface area (Å²) in [5, 5.41) is 8.13. The Morgan fingerprint density at radius 2 is 2.00 bits per heavy atom. The summed E-state index contributed by atoms with van der Waals surface area (Å²) in [6.45, 7) is 3.28. The monoisotopic (exact) mass is 235 g/mol. The van der Waals surface area contributed by atoms with Crippen LogP contribution < -0.4 is 4.72 Å². The number of sulfonamides is 1. The highest BCUT2D eigenvalue weighted by Gasteiger charge is 2.28. The molecule has 1 aliphatic rings. The molecule has 0 aliphatic heterocycles. The van der Waals surface area contributed by atoms with Gasteiger partial charge in [-0.3, -0.25) is 0 Å². The van der Waals surface area contributed by atoms with Crippen LogP contribution >= 0.6 is 0 Å². The van der Waals surface area contributed by atoms with Gasteiger partial charge >= 0.3 is 0 Å². The van der Waals surface area contributed by atoms with Crippen molar-refractivity contribution in [1.29, 1.82) is 0 Å². The molecular formula is C10H21NO3S. The second kappa shape index (κ2) is 5.27. The molecule has 2 N–H and O–H groups in total. The predicted molar refractivity (Wildman–Crippen MR) is 60.0 cm³/mol. The van der Waals surface area contributed by atoms with Crippen LogP contribution in [-0.4, -0.2) is 31.4 Å². The number of hydrogen-bond acceptors (Lipinski definition) is 3. The minimum atomic E-state index is -3.34. The smallest absolute Gasteiger partial charge is 0.216 e. The van der Waals surface area contributed by atoms with Crippen LogP contribution in [0.2, 0.25) is 0 Å². The van der Waals surface area contributed by atoms with Crippen molar-refractivity contribution in [2.75, 3.05) is 6.61 Å². The summed E-state index contributed by atoms with van der Waals surface area (Å²) < 4.78 is 26.1. The van der Waals surface area contributed by atoms with E-state index in [0.29, 0.717) is 5.92 Å². The Kier molecular flexibility index (Phi) is 4.55. The Morgan fingerprint density at radius 1 is 1.40 bits per heavy atom. The highest BCUT2D eigenvalue weighted by Crippen LogP contribution is 2.24. The third-order valence-electron chi connectivity index (χ3n) is 3.21. The van der Waals surface area contributed by atoms with Crippen LogP contribution in [0.5, 0.6) is 0 Å². The number of aliphatic hydroxyl groups excluding tert-OH is 1. The van der Waals surface area contributed by atoms with Crippen molar-refractivity contribution in [1.82, 2.24) is 4.72 Å². The molecule has 1 aliphatic carbocycles. The molecule has 0 spiro atoms. The van der Waals surface area contributed by atoms with Gasteiger partial charge in [0.05, 0.1) is 11.9 Å². The van der Waals surface area contributed by atoms with Crippen molar-refractivity contribution in [3.63, 3.8) is 0 Å². The molecule has 1 fully saturated rings. The zero-order chi connectivity index (χ0) is 11.5. The van der Waals surface area contributed by atoms with E-state index in [4.69, 9.17) is 5.11 Å². The van der Waals surface area contributed by atoms with Crippen molar-refractivity contribution in [3.8, 4) is 0 Å². The van der Waals surface area contributed by atoms with Crippen molar-refractivity contribution in [3.05, 3.63) is 0 Å². The highest BCUT2D eigenvalue weighted by molar-refractivity contribution is 7.90. The predicted octanol–water partition coefficient (Wildman–Crippen LogP) is 0.865. The first-order valence-electron chi connectivity index (χ1n) is 5.59. The lowest BCUT2D eigenvalue weighted by Crippen LogP contribution is -2.45. The van der Waals surface area contributed by atoms with Crippen molar-refractivity contribution in [2.24, 2.45) is 5.92 Å². The van der Waals surface area contributed by atoms with Gasteiger partial charge in [-0.15, -0.1) is 0 Å². The third kappa shape index (κ3) is 3.43. The van der Waals surface area contributed by atoms with Crippen LogP contribution in [0.3, 0.4) is 0 Å². The molecule has 1 saturated carbocycles. The Balaban J connectivity index is 2.59. The molecule has 0 heterocycles. The molecule has 15 heavy (non-hydrogen) atoms. The molecule has 0 saturated heterocycles. The lowest BCUT2D eigenvalue weighted by molar-refractivity contribution is 0.287. The number of nitrogens with one attached hydrogen (secondary N) is 1. The third-order valence-corrected chi connectivity index (χ3v) is 5.05. The lowest BCUT2D eigenvalue weighted by Gasteiger charge is -2.30. The minimum Gasteiger partial charge on any atom is -0.395 e. The van der Waals surface area contributed by atoms with Crippen molar-refractivity contribution >= 4 is 10.0 Å². The molecule has 5 heteroatoms. The second-order valence-electron chi connectivity index (χ2n) is 4.52. The van der Waals surface area contributed by atoms with Gasteiger partial charge in [0, 0.05) is 6.04 Å². The van der Waals surface area contributed by atoms with Gasteiger partial charge < -0.3 is 5.11 Å². The van der Waals surface area contributed by atoms with Crippen LogP contribution in [0, 0.1) is 5.92 Å². The van der Waals surface area contributed by atoms with Crippen LogP contribution in [0.1, 0.15) is 39.5 Å². The van der Waals surface area contributed by atoms with Crippen LogP contribution in [-0.2, 0) is 10.0 Å². The van der Waals surface area contributed by atoms with E-state index < -0.39 is 15.3 Å². The molecule has 3 unspecified atom stereocenters. The van der Waals surface area contributed by atoms with E-state index in [2.05, 4.69) is 11.6 Å². The second-order valence-corrected chi connectivity index (χ2v) is 6.65. The van der Waals surface area contributed by atoms with E-state index in [-0.39, 0.29) is 12.6 Å². The van der Waals surface area contributed by atoms with E-state index >= 15 is 0 Å². The molecule has 1 rings (SSSR count). The molecule has 90 valence electrons.